The number of nitrogens with zero attached hydrogens (tertiary/aromatic N) is 2. The lowest BCUT2D eigenvalue weighted by molar-refractivity contribution is -0.122. The number of ether oxygens (including phenoxy) is 2. The molecule has 218 valence electrons. The highest BCUT2D eigenvalue weighted by Gasteiger charge is 2.36. The first-order valence-electron chi connectivity index (χ1n) is 13.3. The van der Waals surface area contributed by atoms with Crippen molar-refractivity contribution in [1.29, 1.82) is 0 Å². The Kier molecular flexibility index (Phi) is 9.73. The first-order valence-corrected chi connectivity index (χ1v) is 15.2. The Hall–Kier alpha value is -2.70. The maximum absolute atomic E-state index is 13.7. The molecule has 2 aromatic carbocycles. The van der Waals surface area contributed by atoms with E-state index in [1.165, 1.54) is 35.6 Å². The Morgan fingerprint density at radius 3 is 2.52 bits per heavy atom. The molecule has 2 amide bonds. The highest BCUT2D eigenvalue weighted by molar-refractivity contribution is 7.89. The Bertz CT molecular complexity index is 1320. The third kappa shape index (κ3) is 6.60. The van der Waals surface area contributed by atoms with Gasteiger partial charge in [-0.3, -0.25) is 9.59 Å². The molecule has 2 aliphatic heterocycles. The number of hydrogen-bond donors (Lipinski definition) is 2. The molecule has 0 saturated carbocycles. The van der Waals surface area contributed by atoms with Crippen molar-refractivity contribution in [2.75, 3.05) is 45.3 Å². The maximum Gasteiger partial charge on any atom is 0.258 e. The quantitative estimate of drug-likeness (QED) is 0.481. The lowest BCUT2D eigenvalue weighted by Gasteiger charge is -2.38. The number of amides is 2. The van der Waals surface area contributed by atoms with Gasteiger partial charge in [0.25, 0.3) is 5.91 Å². The van der Waals surface area contributed by atoms with Gasteiger partial charge in [-0.2, -0.15) is 4.31 Å². The van der Waals surface area contributed by atoms with E-state index in [9.17, 15) is 23.1 Å². The van der Waals surface area contributed by atoms with E-state index in [0.29, 0.717) is 36.8 Å². The lowest BCUT2D eigenvalue weighted by Crippen LogP contribution is -2.50. The molecule has 2 aromatic rings. The molecule has 0 radical (unpaired) electrons. The minimum absolute atomic E-state index is 0.0245. The number of anilines is 1. The second-order valence-electron chi connectivity index (χ2n) is 10.4. The van der Waals surface area contributed by atoms with Crippen LogP contribution < -0.4 is 10.1 Å². The van der Waals surface area contributed by atoms with Gasteiger partial charge in [0, 0.05) is 43.7 Å². The van der Waals surface area contributed by atoms with Gasteiger partial charge in [-0.05, 0) is 56.2 Å². The molecule has 10 nitrogen and oxygen atoms in total. The summed E-state index contributed by atoms with van der Waals surface area (Å²) in [5, 5.41) is 13.3. The molecule has 0 aromatic heterocycles. The van der Waals surface area contributed by atoms with Crippen LogP contribution in [0.1, 0.15) is 37.0 Å². The smallest absolute Gasteiger partial charge is 0.258 e. The zero-order chi connectivity index (χ0) is 29.0. The van der Waals surface area contributed by atoms with Crippen molar-refractivity contribution in [1.82, 2.24) is 9.21 Å². The van der Waals surface area contributed by atoms with Gasteiger partial charge in [0.15, 0.2) is 5.75 Å². The van der Waals surface area contributed by atoms with E-state index in [0.717, 1.165) is 0 Å². The molecule has 1 saturated heterocycles. The predicted octanol–water partition coefficient (Wildman–Crippen LogP) is 3.25. The van der Waals surface area contributed by atoms with Crippen molar-refractivity contribution in [3.63, 3.8) is 0 Å². The van der Waals surface area contributed by atoms with Crippen molar-refractivity contribution >= 4 is 39.1 Å². The average Bonchev–Trinajstić information content (AvgIpc) is 2.95. The molecule has 0 unspecified atom stereocenters. The number of halogens is 1. The molecule has 4 rings (SSSR count). The first-order chi connectivity index (χ1) is 19.0. The number of rotatable bonds is 8. The summed E-state index contributed by atoms with van der Waals surface area (Å²) in [6, 6.07) is 10.4. The Morgan fingerprint density at radius 2 is 1.88 bits per heavy atom. The number of carbonyl (C=O) groups excluding carboxylic acids is 2. The van der Waals surface area contributed by atoms with Crippen molar-refractivity contribution in [2.24, 2.45) is 11.8 Å². The van der Waals surface area contributed by atoms with Crippen LogP contribution in [0.15, 0.2) is 47.4 Å². The van der Waals surface area contributed by atoms with Crippen LogP contribution in [0.3, 0.4) is 0 Å². The number of likely N-dealkylation sites (N-methyl/N-ethyl adjacent to an activating group) is 1. The molecule has 3 atom stereocenters. The van der Waals surface area contributed by atoms with E-state index >= 15 is 0 Å². The third-order valence-corrected chi connectivity index (χ3v) is 9.59. The summed E-state index contributed by atoms with van der Waals surface area (Å²) >= 11 is 5.95. The van der Waals surface area contributed by atoms with Gasteiger partial charge in [-0.15, -0.1) is 0 Å². The topological polar surface area (TPSA) is 125 Å². The number of carbonyl (C=O) groups is 2. The average molecular weight is 594 g/mol. The normalized spacial score (nSPS) is 21.2. The van der Waals surface area contributed by atoms with Crippen molar-refractivity contribution < 1.29 is 32.6 Å². The van der Waals surface area contributed by atoms with E-state index in [1.807, 2.05) is 6.92 Å². The van der Waals surface area contributed by atoms with Crippen LogP contribution in [0.2, 0.25) is 5.02 Å². The van der Waals surface area contributed by atoms with Crippen LogP contribution in [-0.2, 0) is 19.6 Å². The standard InChI is InChI=1S/C28H36ClN3O7S/c1-18-15-32(19(2)17-33)28(35)23-5-4-6-24(30-27(34)20-11-13-38-14-12-20)26(23)39-25(18)16-31(3)40(36,37)22-9-7-21(29)8-10-22/h4-10,18-20,25,33H,11-17H2,1-3H3,(H,30,34)/t18-,19-,25-/m0/s1. The summed E-state index contributed by atoms with van der Waals surface area (Å²) in [5.74, 6) is -0.913. The molecule has 0 spiro atoms. The van der Waals surface area contributed by atoms with Gasteiger partial charge in [0.1, 0.15) is 6.10 Å². The van der Waals surface area contributed by atoms with Gasteiger partial charge in [-0.25, -0.2) is 8.42 Å². The molecular formula is C28H36ClN3O7S. The summed E-state index contributed by atoms with van der Waals surface area (Å²) in [7, 11) is -2.40. The highest BCUT2D eigenvalue weighted by Crippen LogP contribution is 2.36. The molecule has 0 bridgehead atoms. The van der Waals surface area contributed by atoms with Gasteiger partial charge >= 0.3 is 0 Å². The minimum Gasteiger partial charge on any atom is -0.486 e. The molecular weight excluding hydrogens is 558 g/mol. The molecule has 40 heavy (non-hydrogen) atoms. The monoisotopic (exact) mass is 593 g/mol. The second kappa shape index (κ2) is 12.9. The van der Waals surface area contributed by atoms with Crippen LogP contribution in [0.25, 0.3) is 0 Å². The van der Waals surface area contributed by atoms with Gasteiger partial charge in [0.2, 0.25) is 15.9 Å². The summed E-state index contributed by atoms with van der Waals surface area (Å²) in [5.41, 5.74) is 0.562. The van der Waals surface area contributed by atoms with Crippen molar-refractivity contribution in [3.05, 3.63) is 53.1 Å². The summed E-state index contributed by atoms with van der Waals surface area (Å²) in [6.45, 7) is 4.58. The fraction of sp³-hybridized carbons (Fsp3) is 0.500. The first kappa shape index (κ1) is 30.3. The number of sulfonamides is 1. The second-order valence-corrected chi connectivity index (χ2v) is 12.9. The highest BCUT2D eigenvalue weighted by atomic mass is 35.5. The molecule has 0 aliphatic carbocycles. The van der Waals surface area contributed by atoms with Crippen molar-refractivity contribution in [2.45, 2.75) is 43.7 Å². The number of fused-ring (bicyclic) bond motifs is 1. The number of benzene rings is 2. The van der Waals surface area contributed by atoms with E-state index < -0.39 is 22.2 Å². The Balaban J connectivity index is 1.69. The van der Waals surface area contributed by atoms with E-state index in [-0.39, 0.29) is 59.6 Å². The van der Waals surface area contributed by atoms with Crippen LogP contribution in [0, 0.1) is 11.8 Å². The summed E-state index contributed by atoms with van der Waals surface area (Å²) in [4.78, 5) is 28.4. The SMILES string of the molecule is C[C@H]1CN([C@@H](C)CO)C(=O)c2cccc(NC(=O)C3CCOCC3)c2O[C@H]1CN(C)S(=O)(=O)c1ccc(Cl)cc1. The number of aliphatic hydroxyl groups excluding tert-OH is 1. The van der Waals surface area contributed by atoms with Crippen molar-refractivity contribution in [3.8, 4) is 5.75 Å². The predicted molar refractivity (Wildman–Crippen MR) is 151 cm³/mol. The molecule has 2 aliphatic rings. The number of para-hydroxylation sites is 1. The van der Waals surface area contributed by atoms with E-state index in [4.69, 9.17) is 21.1 Å². The largest absolute Gasteiger partial charge is 0.486 e. The van der Waals surface area contributed by atoms with Crippen LogP contribution in [-0.4, -0.2) is 86.6 Å². The molecule has 2 N–H and O–H groups in total. The van der Waals surface area contributed by atoms with Crippen LogP contribution in [0.4, 0.5) is 5.69 Å². The van der Waals surface area contributed by atoms with Crippen LogP contribution >= 0.6 is 11.6 Å². The Morgan fingerprint density at radius 1 is 1.20 bits per heavy atom. The molecule has 12 heteroatoms. The van der Waals surface area contributed by atoms with Gasteiger partial charge < -0.3 is 24.8 Å². The fourth-order valence-corrected chi connectivity index (χ4v) is 6.20. The van der Waals surface area contributed by atoms with E-state index in [1.54, 1.807) is 30.0 Å². The lowest BCUT2D eigenvalue weighted by atomic mass is 9.98. The zero-order valence-electron chi connectivity index (χ0n) is 22.9. The van der Waals surface area contributed by atoms with E-state index in [2.05, 4.69) is 5.32 Å². The van der Waals surface area contributed by atoms with Gasteiger partial charge in [-0.1, -0.05) is 24.6 Å². The number of nitrogens with one attached hydrogen (secondary N) is 1. The fourth-order valence-electron chi connectivity index (χ4n) is 4.89. The minimum atomic E-state index is -3.87. The number of hydrogen-bond acceptors (Lipinski definition) is 7. The summed E-state index contributed by atoms with van der Waals surface area (Å²) < 4.78 is 39.7. The zero-order valence-corrected chi connectivity index (χ0v) is 24.5. The molecule has 1 fully saturated rings. The summed E-state index contributed by atoms with van der Waals surface area (Å²) in [6.07, 6.45) is 0.499. The van der Waals surface area contributed by atoms with Crippen LogP contribution in [0.5, 0.6) is 5.75 Å². The molecule has 2 heterocycles. The Labute approximate surface area is 240 Å². The number of aliphatic hydroxyl groups is 1. The maximum atomic E-state index is 13.7. The third-order valence-electron chi connectivity index (χ3n) is 7.50. The van der Waals surface area contributed by atoms with Gasteiger partial charge in [0.05, 0.1) is 35.3 Å².